The van der Waals surface area contributed by atoms with E-state index in [4.69, 9.17) is 18.9 Å². The predicted molar refractivity (Wildman–Crippen MR) is 391 cm³/mol. The average Bonchev–Trinajstić information content (AvgIpc) is 3.46. The maximum Gasteiger partial charge on any atom is 0.361 e. The highest BCUT2D eigenvalue weighted by molar-refractivity contribution is 5.71. The van der Waals surface area contributed by atoms with Gasteiger partial charge in [-0.15, -0.1) is 0 Å². The van der Waals surface area contributed by atoms with Crippen LogP contribution in [0.3, 0.4) is 0 Å². The van der Waals surface area contributed by atoms with E-state index in [1.54, 1.807) is 0 Å². The molecule has 0 saturated carbocycles. The van der Waals surface area contributed by atoms with Gasteiger partial charge in [0.15, 0.2) is 6.10 Å². The number of allylic oxidation sites excluding steroid dienone is 34. The maximum absolute atomic E-state index is 12.9. The molecular weight excluding hydrogens is 1130 g/mol. The summed E-state index contributed by atoms with van der Waals surface area (Å²) in [6, 6.07) is 0. The number of unbranched alkanes of at least 4 members (excludes halogenated alkanes) is 13. The Morgan fingerprint density at radius 1 is 0.330 bits per heavy atom. The molecule has 0 aliphatic rings. The summed E-state index contributed by atoms with van der Waals surface area (Å²) in [6.07, 6.45) is 106. The molecule has 0 radical (unpaired) electrons. The molecule has 0 spiro atoms. The van der Waals surface area contributed by atoms with Gasteiger partial charge in [-0.3, -0.25) is 9.59 Å². The normalized spacial score (nSPS) is 14.0. The Morgan fingerprint density at radius 2 is 0.593 bits per heavy atom. The molecule has 0 heterocycles. The maximum atomic E-state index is 12.9. The molecule has 0 rings (SSSR count). The van der Waals surface area contributed by atoms with E-state index in [9.17, 15) is 19.5 Å². The molecule has 91 heavy (non-hydrogen) atoms. The van der Waals surface area contributed by atoms with E-state index >= 15 is 0 Å². The summed E-state index contributed by atoms with van der Waals surface area (Å²) in [5.41, 5.74) is 0. The van der Waals surface area contributed by atoms with Crippen molar-refractivity contribution >= 4 is 17.9 Å². The molecule has 0 aromatic carbocycles. The lowest BCUT2D eigenvalue weighted by atomic mass is 10.0. The Balaban J connectivity index is 4.29. The summed E-state index contributed by atoms with van der Waals surface area (Å²) >= 11 is 0. The first kappa shape index (κ1) is 84.9. The summed E-state index contributed by atoms with van der Waals surface area (Å²) in [6.45, 7) is 4.57. The van der Waals surface area contributed by atoms with Crippen LogP contribution in [0, 0.1) is 0 Å². The number of hydrogen-bond donors (Lipinski definition) is 1. The number of nitrogens with zero attached hydrogens (tertiary/aromatic N) is 1. The van der Waals surface area contributed by atoms with E-state index in [1.807, 2.05) is 21.1 Å². The fraction of sp³-hybridized carbons (Fsp3) is 0.549. The second-order valence-electron chi connectivity index (χ2n) is 23.7. The largest absolute Gasteiger partial charge is 0.477 e. The second-order valence-corrected chi connectivity index (χ2v) is 23.7. The molecule has 2 atom stereocenters. The fourth-order valence-corrected chi connectivity index (χ4v) is 8.73. The third-order valence-corrected chi connectivity index (χ3v) is 14.0. The van der Waals surface area contributed by atoms with E-state index in [1.165, 1.54) is 44.9 Å². The molecule has 9 heteroatoms. The number of carboxylic acids is 1. The molecule has 0 amide bonds. The van der Waals surface area contributed by atoms with Crippen molar-refractivity contribution in [3.05, 3.63) is 207 Å². The molecule has 0 bridgehead atoms. The zero-order valence-electron chi connectivity index (χ0n) is 57.9. The van der Waals surface area contributed by atoms with Crippen LogP contribution in [0.25, 0.3) is 0 Å². The molecule has 2 unspecified atom stereocenters. The van der Waals surface area contributed by atoms with Gasteiger partial charge in [0, 0.05) is 12.8 Å². The van der Waals surface area contributed by atoms with Crippen LogP contribution < -0.4 is 0 Å². The van der Waals surface area contributed by atoms with Gasteiger partial charge in [-0.2, -0.15) is 0 Å². The number of likely N-dealkylation sites (N-methyl/N-ethyl adjacent to an activating group) is 1. The van der Waals surface area contributed by atoms with Crippen molar-refractivity contribution in [2.45, 2.75) is 245 Å². The van der Waals surface area contributed by atoms with Gasteiger partial charge in [0.1, 0.15) is 13.2 Å². The van der Waals surface area contributed by atoms with Crippen molar-refractivity contribution in [2.75, 3.05) is 47.5 Å². The van der Waals surface area contributed by atoms with Crippen molar-refractivity contribution < 1.29 is 42.9 Å². The lowest BCUT2D eigenvalue weighted by Crippen LogP contribution is -2.40. The second kappa shape index (κ2) is 69.8. The minimum atomic E-state index is -1.54. The highest BCUT2D eigenvalue weighted by atomic mass is 16.7. The Labute approximate surface area is 556 Å². The Morgan fingerprint density at radius 3 is 0.901 bits per heavy atom. The molecular formula is C82H128NO8+. The van der Waals surface area contributed by atoms with Gasteiger partial charge >= 0.3 is 17.9 Å². The van der Waals surface area contributed by atoms with E-state index in [2.05, 4.69) is 220 Å². The topological polar surface area (TPSA) is 108 Å². The summed E-state index contributed by atoms with van der Waals surface area (Å²) in [4.78, 5) is 37.6. The van der Waals surface area contributed by atoms with Gasteiger partial charge in [0.25, 0.3) is 6.29 Å². The molecule has 0 aromatic rings. The standard InChI is InChI=1S/C82H127NO8/c1-6-8-10-12-14-16-18-20-22-24-26-28-30-32-34-36-38-40-42-44-46-48-50-52-54-56-58-60-62-64-66-68-70-72-79(84)89-76-78(77-90-82(81(86)87)88-75-74-83(3,4)5)91-80(85)73-71-69-67-65-63-61-59-57-55-53-51-49-47-45-43-41-39-37-35-33-31-29-27-25-23-21-19-17-15-13-11-9-7-2/h8-11,14-17,20-23,26-29,32-35,38-41,44-47,51,53,57,59,63,65,78,82H,6-7,12-13,18-19,24-25,30-31,36-37,42-43,48-50,52,54-56,58,60-62,64,66-77H2,1-5H3/p+1/b10-8-,11-9-,16-14-,17-15-,22-20-,23-21-,28-26-,29-27-,34-32-,35-33-,40-38-,41-39-,46-44-,47-45-,53-51-,59-57-,65-63-. The molecule has 0 aliphatic heterocycles. The van der Waals surface area contributed by atoms with E-state index in [0.717, 1.165) is 154 Å². The first-order valence-corrected chi connectivity index (χ1v) is 35.2. The molecule has 0 aliphatic carbocycles. The van der Waals surface area contributed by atoms with Crippen LogP contribution in [0.5, 0.6) is 0 Å². The smallest absolute Gasteiger partial charge is 0.361 e. The monoisotopic (exact) mass is 1250 g/mol. The summed E-state index contributed by atoms with van der Waals surface area (Å²) in [7, 11) is 5.94. The van der Waals surface area contributed by atoms with Gasteiger partial charge in [-0.1, -0.05) is 278 Å². The number of rotatable bonds is 62. The first-order chi connectivity index (χ1) is 44.6. The summed E-state index contributed by atoms with van der Waals surface area (Å²) < 4.78 is 22.9. The van der Waals surface area contributed by atoms with Gasteiger partial charge in [-0.05, 0) is 148 Å². The number of carboxylic acid groups (broad SMARTS) is 1. The average molecular weight is 1260 g/mol. The molecule has 0 fully saturated rings. The van der Waals surface area contributed by atoms with Crippen LogP contribution >= 0.6 is 0 Å². The van der Waals surface area contributed by atoms with Crippen molar-refractivity contribution in [2.24, 2.45) is 0 Å². The molecule has 1 N–H and O–H groups in total. The summed E-state index contributed by atoms with van der Waals surface area (Å²) in [5, 5.41) is 9.75. The van der Waals surface area contributed by atoms with E-state index in [0.29, 0.717) is 17.4 Å². The SMILES string of the molecule is CC/C=C\C/C=C\C/C=C\C/C=C\C/C=C\C/C=C\C/C=C\C/C=C\C/C=C\C/C=C\CCCCC(=O)OC(COC(=O)CCCCCCCCCCCCC/C=C\C/C=C\C/C=C\C/C=C\C/C=C\C/C=C\C/C=C\CC)COC(OCC[N+](C)(C)C)C(=O)O. The quantitative estimate of drug-likeness (QED) is 0.0211. The molecule has 0 saturated heterocycles. The number of carbonyl (C=O) groups excluding carboxylic acids is 2. The van der Waals surface area contributed by atoms with Crippen molar-refractivity contribution in [3.8, 4) is 0 Å². The van der Waals surface area contributed by atoms with Gasteiger partial charge in [0.2, 0.25) is 0 Å². The number of ether oxygens (including phenoxy) is 4. The van der Waals surface area contributed by atoms with Gasteiger partial charge in [-0.25, -0.2) is 4.79 Å². The lowest BCUT2D eigenvalue weighted by Gasteiger charge is -2.25. The highest BCUT2D eigenvalue weighted by Gasteiger charge is 2.25. The number of esters is 2. The van der Waals surface area contributed by atoms with Crippen LogP contribution in [0.4, 0.5) is 0 Å². The number of quaternary nitrogens is 1. The van der Waals surface area contributed by atoms with Crippen molar-refractivity contribution in [1.82, 2.24) is 0 Å². The predicted octanol–water partition coefficient (Wildman–Crippen LogP) is 22.4. The minimum absolute atomic E-state index is 0.167. The Hall–Kier alpha value is -6.13. The molecule has 9 nitrogen and oxygen atoms in total. The number of aliphatic carboxylic acids is 1. The zero-order chi connectivity index (χ0) is 66.1. The minimum Gasteiger partial charge on any atom is -0.477 e. The third kappa shape index (κ3) is 71.2. The molecule has 0 aromatic heterocycles. The molecule has 508 valence electrons. The van der Waals surface area contributed by atoms with Crippen LogP contribution in [-0.2, 0) is 33.3 Å². The Bertz CT molecular complexity index is 2250. The third-order valence-electron chi connectivity index (χ3n) is 14.0. The van der Waals surface area contributed by atoms with Crippen LogP contribution in [0.1, 0.15) is 232 Å². The lowest BCUT2D eigenvalue weighted by molar-refractivity contribution is -0.870. The van der Waals surface area contributed by atoms with Crippen LogP contribution in [0.2, 0.25) is 0 Å². The van der Waals surface area contributed by atoms with Crippen LogP contribution in [-0.4, -0.2) is 87.4 Å². The van der Waals surface area contributed by atoms with Crippen molar-refractivity contribution in [3.63, 3.8) is 0 Å². The summed E-state index contributed by atoms with van der Waals surface area (Å²) in [5.74, 6) is -2.09. The van der Waals surface area contributed by atoms with Gasteiger partial charge in [0.05, 0.1) is 34.4 Å². The zero-order valence-corrected chi connectivity index (χ0v) is 57.9. The van der Waals surface area contributed by atoms with Gasteiger partial charge < -0.3 is 28.5 Å². The number of hydrogen-bond acceptors (Lipinski definition) is 7. The van der Waals surface area contributed by atoms with Crippen LogP contribution in [0.15, 0.2) is 207 Å². The van der Waals surface area contributed by atoms with E-state index < -0.39 is 24.3 Å². The Kier molecular flexibility index (Phi) is 65.1. The van der Waals surface area contributed by atoms with Crippen molar-refractivity contribution in [1.29, 1.82) is 0 Å². The first-order valence-electron chi connectivity index (χ1n) is 35.2. The number of carbonyl (C=O) groups is 3. The van der Waals surface area contributed by atoms with E-state index in [-0.39, 0.29) is 38.6 Å². The highest BCUT2D eigenvalue weighted by Crippen LogP contribution is 2.15. The fourth-order valence-electron chi connectivity index (χ4n) is 8.73.